The van der Waals surface area contributed by atoms with Gasteiger partial charge in [-0.15, -0.1) is 0 Å². The van der Waals surface area contributed by atoms with Crippen LogP contribution in [-0.2, 0) is 20.9 Å². The van der Waals surface area contributed by atoms with E-state index in [2.05, 4.69) is 23.7 Å². The highest BCUT2D eigenvalue weighted by Crippen LogP contribution is 2.20. The fraction of sp³-hybridized carbons (Fsp3) is 0.375. The summed E-state index contributed by atoms with van der Waals surface area (Å²) in [5.74, 6) is -1.64. The third-order valence-electron chi connectivity index (χ3n) is 4.97. The number of nitrogens with one attached hydrogen (secondary N) is 1. The summed E-state index contributed by atoms with van der Waals surface area (Å²) in [6, 6.07) is 9.44. The molecule has 2 aromatic rings. The van der Waals surface area contributed by atoms with Crippen molar-refractivity contribution in [2.45, 2.75) is 53.7 Å². The molecule has 1 atom stereocenters. The summed E-state index contributed by atoms with van der Waals surface area (Å²) in [6.45, 7) is 10.4. The fourth-order valence-corrected chi connectivity index (χ4v) is 3.07. The number of carbonyl (C=O) groups excluding carboxylic acids is 2. The number of esters is 1. The van der Waals surface area contributed by atoms with Gasteiger partial charge >= 0.3 is 5.97 Å². The number of aryl methyl sites for hydroxylation is 1. The van der Waals surface area contributed by atoms with Crippen molar-refractivity contribution in [1.82, 2.24) is 4.57 Å². The largest absolute Gasteiger partial charge is 0.448 e. The van der Waals surface area contributed by atoms with E-state index >= 15 is 0 Å². The minimum absolute atomic E-state index is 0.0136. The van der Waals surface area contributed by atoms with Gasteiger partial charge in [0.25, 0.3) is 5.91 Å². The predicted molar refractivity (Wildman–Crippen MR) is 118 cm³/mol. The maximum absolute atomic E-state index is 13.7. The van der Waals surface area contributed by atoms with Crippen LogP contribution >= 0.6 is 0 Å². The van der Waals surface area contributed by atoms with Gasteiger partial charge in [-0.1, -0.05) is 26.0 Å². The molecule has 1 aromatic heterocycles. The van der Waals surface area contributed by atoms with E-state index in [1.54, 1.807) is 6.07 Å². The summed E-state index contributed by atoms with van der Waals surface area (Å²) in [7, 11) is 0. The van der Waals surface area contributed by atoms with Gasteiger partial charge < -0.3 is 14.6 Å². The first-order valence-corrected chi connectivity index (χ1v) is 10.2. The standard InChI is InChI=1S/C24H28FN3O3/c1-15(2)10-11-28-16(3)12-19(17(28)4)13-20(14-26)24(30)31-18(5)23(29)27-22-9-7-6-8-21(22)25/h6-9,12-13,15,18H,10-11H2,1-5H3,(H,27,29)/b20-13+/t18-/m0/s1. The van der Waals surface area contributed by atoms with E-state index in [0.29, 0.717) is 5.92 Å². The molecule has 31 heavy (non-hydrogen) atoms. The van der Waals surface area contributed by atoms with E-state index in [0.717, 1.165) is 29.9 Å². The lowest BCUT2D eigenvalue weighted by atomic mass is 10.1. The van der Waals surface area contributed by atoms with E-state index in [-0.39, 0.29) is 11.3 Å². The number of benzene rings is 1. The number of nitrogens with zero attached hydrogens (tertiary/aromatic N) is 2. The molecule has 0 unspecified atom stereocenters. The van der Waals surface area contributed by atoms with Crippen molar-refractivity contribution in [1.29, 1.82) is 5.26 Å². The van der Waals surface area contributed by atoms with Crippen LogP contribution in [0.4, 0.5) is 10.1 Å². The Labute approximate surface area is 182 Å². The quantitative estimate of drug-likeness (QED) is 0.375. The van der Waals surface area contributed by atoms with Crippen molar-refractivity contribution in [3.63, 3.8) is 0 Å². The molecule has 1 heterocycles. The molecule has 2 rings (SSSR count). The highest BCUT2D eigenvalue weighted by molar-refractivity contribution is 6.01. The minimum Gasteiger partial charge on any atom is -0.448 e. The smallest absolute Gasteiger partial charge is 0.349 e. The topological polar surface area (TPSA) is 84.1 Å². The molecule has 0 radical (unpaired) electrons. The summed E-state index contributed by atoms with van der Waals surface area (Å²) >= 11 is 0. The number of anilines is 1. The van der Waals surface area contributed by atoms with Gasteiger partial charge in [0.05, 0.1) is 5.69 Å². The second-order valence-corrected chi connectivity index (χ2v) is 7.85. The van der Waals surface area contributed by atoms with E-state index < -0.39 is 23.8 Å². The zero-order valence-electron chi connectivity index (χ0n) is 18.5. The Morgan fingerprint density at radius 3 is 2.55 bits per heavy atom. The molecule has 0 spiro atoms. The number of hydrogen-bond donors (Lipinski definition) is 1. The van der Waals surface area contributed by atoms with Crippen molar-refractivity contribution >= 4 is 23.6 Å². The normalized spacial score (nSPS) is 12.4. The number of halogens is 1. The van der Waals surface area contributed by atoms with Crippen LogP contribution in [-0.4, -0.2) is 22.5 Å². The van der Waals surface area contributed by atoms with Crippen LogP contribution in [0.5, 0.6) is 0 Å². The second-order valence-electron chi connectivity index (χ2n) is 7.85. The van der Waals surface area contributed by atoms with Crippen molar-refractivity contribution in [3.8, 4) is 6.07 Å². The Balaban J connectivity index is 2.12. The average molecular weight is 426 g/mol. The van der Waals surface area contributed by atoms with E-state index in [1.807, 2.05) is 26.0 Å². The van der Waals surface area contributed by atoms with Gasteiger partial charge in [0.1, 0.15) is 17.5 Å². The van der Waals surface area contributed by atoms with Gasteiger partial charge in [-0.25, -0.2) is 9.18 Å². The summed E-state index contributed by atoms with van der Waals surface area (Å²) in [5.41, 5.74) is 2.50. The van der Waals surface area contributed by atoms with Gasteiger partial charge in [0.2, 0.25) is 0 Å². The number of hydrogen-bond acceptors (Lipinski definition) is 4. The van der Waals surface area contributed by atoms with E-state index in [4.69, 9.17) is 4.74 Å². The number of amides is 1. The van der Waals surface area contributed by atoms with Gasteiger partial charge in [-0.05, 0) is 62.9 Å². The SMILES string of the molecule is Cc1cc(/C=C(\C#N)C(=O)O[C@@H](C)C(=O)Nc2ccccc2F)c(C)n1CCC(C)C. The molecule has 0 saturated carbocycles. The summed E-state index contributed by atoms with van der Waals surface area (Å²) < 4.78 is 21.0. The fourth-order valence-electron chi connectivity index (χ4n) is 3.07. The first-order chi connectivity index (χ1) is 14.6. The highest BCUT2D eigenvalue weighted by Gasteiger charge is 2.22. The van der Waals surface area contributed by atoms with Crippen molar-refractivity contribution in [2.75, 3.05) is 5.32 Å². The second kappa shape index (κ2) is 10.6. The summed E-state index contributed by atoms with van der Waals surface area (Å²) in [6.07, 6.45) is 1.28. The van der Waals surface area contributed by atoms with Crippen molar-refractivity contribution < 1.29 is 18.7 Å². The highest BCUT2D eigenvalue weighted by atomic mass is 19.1. The maximum atomic E-state index is 13.7. The van der Waals surface area contributed by atoms with E-state index in [1.165, 1.54) is 31.2 Å². The molecule has 0 aliphatic carbocycles. The summed E-state index contributed by atoms with van der Waals surface area (Å²) in [4.78, 5) is 24.7. The Morgan fingerprint density at radius 2 is 1.94 bits per heavy atom. The lowest BCUT2D eigenvalue weighted by molar-refractivity contribution is -0.148. The Hall–Kier alpha value is -3.40. The monoisotopic (exact) mass is 425 g/mol. The molecule has 0 aliphatic rings. The molecule has 6 nitrogen and oxygen atoms in total. The van der Waals surface area contributed by atoms with Gasteiger partial charge in [0, 0.05) is 17.9 Å². The number of nitriles is 1. The zero-order valence-corrected chi connectivity index (χ0v) is 18.5. The van der Waals surface area contributed by atoms with Crippen LogP contribution in [0, 0.1) is 36.9 Å². The molecular weight excluding hydrogens is 397 g/mol. The van der Waals surface area contributed by atoms with Crippen molar-refractivity contribution in [2.24, 2.45) is 5.92 Å². The number of rotatable bonds is 8. The molecule has 1 N–H and O–H groups in total. The molecule has 0 saturated heterocycles. The lowest BCUT2D eigenvalue weighted by Gasteiger charge is -2.13. The van der Waals surface area contributed by atoms with E-state index in [9.17, 15) is 19.2 Å². The number of carbonyl (C=O) groups is 2. The molecule has 0 bridgehead atoms. The molecular formula is C24H28FN3O3. The predicted octanol–water partition coefficient (Wildman–Crippen LogP) is 4.77. The molecule has 7 heteroatoms. The number of ether oxygens (including phenoxy) is 1. The van der Waals surface area contributed by atoms with Crippen LogP contribution in [0.2, 0.25) is 0 Å². The van der Waals surface area contributed by atoms with Crippen LogP contribution in [0.25, 0.3) is 6.08 Å². The first-order valence-electron chi connectivity index (χ1n) is 10.2. The van der Waals surface area contributed by atoms with Gasteiger partial charge in [-0.3, -0.25) is 4.79 Å². The third-order valence-corrected chi connectivity index (χ3v) is 4.97. The van der Waals surface area contributed by atoms with Crippen LogP contribution in [0.1, 0.15) is 44.1 Å². The number of aromatic nitrogens is 1. The Morgan fingerprint density at radius 1 is 1.26 bits per heavy atom. The van der Waals surface area contributed by atoms with Crippen LogP contribution in [0.3, 0.4) is 0 Å². The van der Waals surface area contributed by atoms with Crippen LogP contribution in [0.15, 0.2) is 35.9 Å². The third kappa shape index (κ3) is 6.29. The van der Waals surface area contributed by atoms with Crippen LogP contribution < -0.4 is 5.32 Å². The Kier molecular flexibility index (Phi) is 8.14. The lowest BCUT2D eigenvalue weighted by Crippen LogP contribution is -2.30. The minimum atomic E-state index is -1.21. The number of para-hydroxylation sites is 1. The average Bonchev–Trinajstić information content (AvgIpc) is 2.98. The first kappa shape index (κ1) is 23.9. The van der Waals surface area contributed by atoms with Gasteiger partial charge in [-0.2, -0.15) is 5.26 Å². The molecule has 164 valence electrons. The maximum Gasteiger partial charge on any atom is 0.349 e. The van der Waals surface area contributed by atoms with Gasteiger partial charge in [0.15, 0.2) is 6.10 Å². The molecule has 0 aliphatic heterocycles. The molecule has 0 fully saturated rings. The van der Waals surface area contributed by atoms with Crippen molar-refractivity contribution in [3.05, 3.63) is 58.7 Å². The molecule has 1 amide bonds. The zero-order chi connectivity index (χ0) is 23.1. The molecule has 1 aromatic carbocycles. The summed E-state index contributed by atoms with van der Waals surface area (Å²) in [5, 5.41) is 11.8. The Bertz CT molecular complexity index is 1030.